The van der Waals surface area contributed by atoms with Gasteiger partial charge in [-0.3, -0.25) is 9.59 Å². The van der Waals surface area contributed by atoms with Crippen LogP contribution >= 0.6 is 0 Å². The molecule has 6 heteroatoms. The van der Waals surface area contributed by atoms with Crippen LogP contribution in [0.1, 0.15) is 25.0 Å². The lowest BCUT2D eigenvalue weighted by molar-refractivity contribution is -0.123. The lowest BCUT2D eigenvalue weighted by Crippen LogP contribution is -2.31. The van der Waals surface area contributed by atoms with E-state index < -0.39 is 5.91 Å². The number of amides is 2. The van der Waals surface area contributed by atoms with Gasteiger partial charge in [0.15, 0.2) is 6.61 Å². The summed E-state index contributed by atoms with van der Waals surface area (Å²) < 4.78 is 5.45. The quantitative estimate of drug-likeness (QED) is 0.469. The minimum atomic E-state index is -0.407. The highest BCUT2D eigenvalue weighted by Gasteiger charge is 2.09. The highest BCUT2D eigenvalue weighted by molar-refractivity contribution is 6.01. The number of carbonyl (C=O) groups is 2. The molecule has 0 fully saturated rings. The molecule has 0 spiro atoms. The fourth-order valence-electron chi connectivity index (χ4n) is 2.55. The molecule has 2 N–H and O–H groups in total. The Kier molecular flexibility index (Phi) is 9.14. The molecule has 0 aliphatic heterocycles. The van der Waals surface area contributed by atoms with Crippen LogP contribution in [-0.2, 0) is 16.0 Å². The number of nitrogens with zero attached hydrogens (tertiary/aromatic N) is 1. The molecular weight excluding hydrogens is 378 g/mol. The maximum absolute atomic E-state index is 12.3. The Morgan fingerprint density at radius 2 is 1.77 bits per heavy atom. The molecule has 0 unspecified atom stereocenters. The first-order valence-electron chi connectivity index (χ1n) is 9.91. The summed E-state index contributed by atoms with van der Waals surface area (Å²) in [5.41, 5.74) is 1.85. The molecule has 0 aromatic heterocycles. The summed E-state index contributed by atoms with van der Waals surface area (Å²) in [4.78, 5) is 23.9. The van der Waals surface area contributed by atoms with Gasteiger partial charge in [-0.2, -0.15) is 5.26 Å². The third-order valence-corrected chi connectivity index (χ3v) is 4.18. The number of hydrogen-bond donors (Lipinski definition) is 2. The smallest absolute Gasteiger partial charge is 0.261 e. The second-order valence-electron chi connectivity index (χ2n) is 7.22. The Morgan fingerprint density at radius 1 is 1.07 bits per heavy atom. The summed E-state index contributed by atoms with van der Waals surface area (Å²) in [6.07, 6.45) is 2.22. The summed E-state index contributed by atoms with van der Waals surface area (Å²) in [7, 11) is 0. The number of ether oxygens (including phenoxy) is 1. The van der Waals surface area contributed by atoms with Crippen LogP contribution in [0.4, 0.5) is 0 Å². The number of rotatable bonds is 10. The average Bonchev–Trinajstić information content (AvgIpc) is 2.76. The molecule has 2 aromatic rings. The maximum atomic E-state index is 12.3. The first-order chi connectivity index (χ1) is 14.5. The first kappa shape index (κ1) is 22.7. The maximum Gasteiger partial charge on any atom is 0.261 e. The normalized spacial score (nSPS) is 10.9. The Labute approximate surface area is 177 Å². The molecule has 2 amide bonds. The van der Waals surface area contributed by atoms with E-state index in [0.717, 1.165) is 5.56 Å². The van der Waals surface area contributed by atoms with E-state index >= 15 is 0 Å². The molecule has 0 aliphatic carbocycles. The van der Waals surface area contributed by atoms with Gasteiger partial charge >= 0.3 is 0 Å². The fourth-order valence-corrected chi connectivity index (χ4v) is 2.55. The number of nitrogens with one attached hydrogen (secondary N) is 2. The van der Waals surface area contributed by atoms with Gasteiger partial charge < -0.3 is 15.4 Å². The molecule has 6 nitrogen and oxygen atoms in total. The van der Waals surface area contributed by atoms with Crippen LogP contribution in [-0.4, -0.2) is 31.5 Å². The van der Waals surface area contributed by atoms with E-state index in [-0.39, 0.29) is 18.1 Å². The van der Waals surface area contributed by atoms with Crippen molar-refractivity contribution in [2.45, 2.75) is 20.3 Å². The van der Waals surface area contributed by atoms with Crippen LogP contribution in [0.5, 0.6) is 5.75 Å². The van der Waals surface area contributed by atoms with Crippen molar-refractivity contribution in [2.24, 2.45) is 5.92 Å². The Hall–Kier alpha value is -3.59. The lowest BCUT2D eigenvalue weighted by atomic mass is 10.1. The van der Waals surface area contributed by atoms with Crippen molar-refractivity contribution in [1.29, 1.82) is 5.26 Å². The van der Waals surface area contributed by atoms with Gasteiger partial charge in [-0.05, 0) is 41.7 Å². The zero-order chi connectivity index (χ0) is 21.8. The molecule has 0 saturated carbocycles. The molecule has 0 aliphatic rings. The van der Waals surface area contributed by atoms with Gasteiger partial charge in [-0.1, -0.05) is 56.3 Å². The van der Waals surface area contributed by atoms with Gasteiger partial charge in [0, 0.05) is 13.1 Å². The first-order valence-corrected chi connectivity index (χ1v) is 9.91. The van der Waals surface area contributed by atoms with Crippen molar-refractivity contribution in [2.75, 3.05) is 19.7 Å². The van der Waals surface area contributed by atoms with Gasteiger partial charge in [-0.25, -0.2) is 0 Å². The van der Waals surface area contributed by atoms with Gasteiger partial charge in [0.05, 0.1) is 0 Å². The molecule has 0 heterocycles. The van der Waals surface area contributed by atoms with Crippen molar-refractivity contribution >= 4 is 17.9 Å². The summed E-state index contributed by atoms with van der Waals surface area (Å²) in [6, 6.07) is 18.6. The molecular formula is C24H27N3O3. The van der Waals surface area contributed by atoms with E-state index in [1.165, 1.54) is 6.08 Å². The molecule has 2 rings (SSSR count). The highest BCUT2D eigenvalue weighted by atomic mass is 16.5. The predicted molar refractivity (Wildman–Crippen MR) is 117 cm³/mol. The molecule has 156 valence electrons. The van der Waals surface area contributed by atoms with Gasteiger partial charge in [0.1, 0.15) is 17.4 Å². The van der Waals surface area contributed by atoms with E-state index in [4.69, 9.17) is 4.74 Å². The van der Waals surface area contributed by atoms with Crippen molar-refractivity contribution in [3.63, 3.8) is 0 Å². The molecule has 0 atom stereocenters. The molecule has 30 heavy (non-hydrogen) atoms. The second-order valence-corrected chi connectivity index (χ2v) is 7.22. The predicted octanol–water partition coefficient (Wildman–Crippen LogP) is 3.10. The van der Waals surface area contributed by atoms with Crippen LogP contribution in [0.3, 0.4) is 0 Å². The molecule has 0 bridgehead atoms. The van der Waals surface area contributed by atoms with Crippen molar-refractivity contribution < 1.29 is 14.3 Å². The van der Waals surface area contributed by atoms with Crippen molar-refractivity contribution in [3.8, 4) is 11.8 Å². The molecule has 0 saturated heterocycles. The number of benzene rings is 2. The SMILES string of the molecule is CC(C)CNC(=O)COc1ccc(/C=C(/C#N)C(=O)NCCc2ccccc2)cc1. The fraction of sp³-hybridized carbons (Fsp3) is 0.292. The Bertz CT molecular complexity index is 898. The number of hydrogen-bond acceptors (Lipinski definition) is 4. The molecule has 0 radical (unpaired) electrons. The zero-order valence-corrected chi connectivity index (χ0v) is 17.4. The minimum absolute atomic E-state index is 0.0322. The van der Waals surface area contributed by atoms with E-state index in [1.807, 2.05) is 50.2 Å². The average molecular weight is 405 g/mol. The summed E-state index contributed by atoms with van der Waals surface area (Å²) in [6.45, 7) is 5.04. The van der Waals surface area contributed by atoms with Crippen LogP contribution < -0.4 is 15.4 Å². The van der Waals surface area contributed by atoms with Gasteiger partial charge in [0.25, 0.3) is 11.8 Å². The standard InChI is InChI=1S/C24H27N3O3/c1-18(2)16-27-23(28)17-30-22-10-8-20(9-11-22)14-21(15-25)24(29)26-13-12-19-6-4-3-5-7-19/h3-11,14,18H,12-13,16-17H2,1-2H3,(H,26,29)(H,27,28)/b21-14-. The number of nitriles is 1. The highest BCUT2D eigenvalue weighted by Crippen LogP contribution is 2.14. The van der Waals surface area contributed by atoms with Crippen LogP contribution in [0.2, 0.25) is 0 Å². The van der Waals surface area contributed by atoms with E-state index in [0.29, 0.717) is 36.7 Å². The third-order valence-electron chi connectivity index (χ3n) is 4.18. The van der Waals surface area contributed by atoms with Crippen LogP contribution in [0.25, 0.3) is 6.08 Å². The summed E-state index contributed by atoms with van der Waals surface area (Å²) >= 11 is 0. The minimum Gasteiger partial charge on any atom is -0.484 e. The van der Waals surface area contributed by atoms with Crippen molar-refractivity contribution in [3.05, 3.63) is 71.3 Å². The van der Waals surface area contributed by atoms with E-state index in [9.17, 15) is 14.9 Å². The molecule has 2 aromatic carbocycles. The van der Waals surface area contributed by atoms with Crippen LogP contribution in [0.15, 0.2) is 60.2 Å². The van der Waals surface area contributed by atoms with E-state index in [2.05, 4.69) is 10.6 Å². The lowest BCUT2D eigenvalue weighted by Gasteiger charge is -2.09. The topological polar surface area (TPSA) is 91.2 Å². The van der Waals surface area contributed by atoms with Crippen LogP contribution in [0, 0.1) is 17.2 Å². The largest absolute Gasteiger partial charge is 0.484 e. The van der Waals surface area contributed by atoms with Crippen molar-refractivity contribution in [1.82, 2.24) is 10.6 Å². The summed E-state index contributed by atoms with van der Waals surface area (Å²) in [5.74, 6) is 0.338. The second kappa shape index (κ2) is 12.1. The number of carbonyl (C=O) groups excluding carboxylic acids is 2. The monoisotopic (exact) mass is 405 g/mol. The third kappa shape index (κ3) is 8.19. The van der Waals surface area contributed by atoms with Gasteiger partial charge in [-0.15, -0.1) is 0 Å². The Balaban J connectivity index is 1.85. The summed E-state index contributed by atoms with van der Waals surface area (Å²) in [5, 5.41) is 14.9. The Morgan fingerprint density at radius 3 is 2.40 bits per heavy atom. The zero-order valence-electron chi connectivity index (χ0n) is 17.4. The van der Waals surface area contributed by atoms with E-state index in [1.54, 1.807) is 24.3 Å². The van der Waals surface area contributed by atoms with Gasteiger partial charge in [0.2, 0.25) is 0 Å².